The lowest BCUT2D eigenvalue weighted by molar-refractivity contribution is 0.370. The minimum Gasteiger partial charge on any atom is -0.496 e. The topological polar surface area (TPSA) is 33.1 Å². The summed E-state index contributed by atoms with van der Waals surface area (Å²) in [7, 11) is 1.62. The van der Waals surface area contributed by atoms with Crippen molar-refractivity contribution in [2.45, 2.75) is 0 Å². The number of rotatable bonds is 5. The van der Waals surface area contributed by atoms with E-state index < -0.39 is 0 Å². The lowest BCUT2D eigenvalue weighted by Gasteiger charge is -2.05. The van der Waals surface area contributed by atoms with Crippen LogP contribution in [0.1, 0.15) is 11.1 Å². The van der Waals surface area contributed by atoms with Crippen LogP contribution in [0.5, 0.6) is 0 Å². The first-order valence-electron chi connectivity index (χ1n) is 6.42. The fourth-order valence-electron chi connectivity index (χ4n) is 1.80. The Hall–Kier alpha value is -2.61. The largest absolute Gasteiger partial charge is 0.496 e. The highest BCUT2D eigenvalue weighted by atomic mass is 16.5. The fraction of sp³-hybridized carbons (Fsp3) is 0.0556. The maximum absolute atomic E-state index is 7.98. The Balaban J connectivity index is 2.13. The van der Waals surface area contributed by atoms with Crippen molar-refractivity contribution >= 4 is 17.5 Å². The van der Waals surface area contributed by atoms with Crippen LogP contribution in [-0.2, 0) is 4.74 Å². The molecule has 0 aliphatic carbocycles. The van der Waals surface area contributed by atoms with E-state index in [1.807, 2.05) is 66.7 Å². The minimum atomic E-state index is 0.398. The molecule has 2 aromatic carbocycles. The highest BCUT2D eigenvalue weighted by Crippen LogP contribution is 2.14. The van der Waals surface area contributed by atoms with Gasteiger partial charge in [0.25, 0.3) is 0 Å². The molecule has 0 aliphatic heterocycles. The predicted molar refractivity (Wildman–Crippen MR) is 84.6 cm³/mol. The summed E-state index contributed by atoms with van der Waals surface area (Å²) in [6.07, 6.45) is 5.39. The van der Waals surface area contributed by atoms with Crippen molar-refractivity contribution in [1.82, 2.24) is 0 Å². The van der Waals surface area contributed by atoms with Crippen LogP contribution < -0.4 is 0 Å². The van der Waals surface area contributed by atoms with Crippen LogP contribution in [0.3, 0.4) is 0 Å². The van der Waals surface area contributed by atoms with Gasteiger partial charge in [-0.2, -0.15) is 0 Å². The van der Waals surface area contributed by atoms with Crippen molar-refractivity contribution in [3.05, 3.63) is 83.9 Å². The van der Waals surface area contributed by atoms with Gasteiger partial charge in [-0.3, -0.25) is 0 Å². The molecule has 0 atom stereocenters. The van der Waals surface area contributed by atoms with Gasteiger partial charge in [0.2, 0.25) is 0 Å². The lowest BCUT2D eigenvalue weighted by atomic mass is 10.1. The number of hydrogen-bond donors (Lipinski definition) is 1. The van der Waals surface area contributed by atoms with E-state index in [9.17, 15) is 0 Å². The monoisotopic (exact) mass is 263 g/mol. The van der Waals surface area contributed by atoms with Crippen LogP contribution in [0.25, 0.3) is 11.8 Å². The molecule has 0 radical (unpaired) electrons. The molecule has 0 saturated carbocycles. The Kier molecular flexibility index (Phi) is 4.90. The molecule has 100 valence electrons. The summed E-state index contributed by atoms with van der Waals surface area (Å²) in [6.45, 7) is 0. The second kappa shape index (κ2) is 7.10. The molecule has 2 heteroatoms. The zero-order valence-corrected chi connectivity index (χ0v) is 11.4. The van der Waals surface area contributed by atoms with Crippen molar-refractivity contribution in [2.24, 2.45) is 0 Å². The number of methoxy groups -OCH3 is 1. The SMILES string of the molecule is COC(=CC(=N)C=Cc1ccccc1)c1ccccc1. The summed E-state index contributed by atoms with van der Waals surface area (Å²) < 4.78 is 5.35. The molecule has 0 aliphatic rings. The summed E-state index contributed by atoms with van der Waals surface area (Å²) in [5.74, 6) is 0.688. The zero-order chi connectivity index (χ0) is 14.2. The van der Waals surface area contributed by atoms with Crippen LogP contribution >= 0.6 is 0 Å². The number of nitrogens with one attached hydrogen (secondary N) is 1. The first kappa shape index (κ1) is 13.8. The molecule has 0 aromatic heterocycles. The van der Waals surface area contributed by atoms with E-state index in [1.165, 1.54) is 0 Å². The maximum atomic E-state index is 7.98. The van der Waals surface area contributed by atoms with Gasteiger partial charge in [-0.15, -0.1) is 0 Å². The van der Waals surface area contributed by atoms with E-state index >= 15 is 0 Å². The Morgan fingerprint density at radius 1 is 0.950 bits per heavy atom. The molecule has 0 heterocycles. The van der Waals surface area contributed by atoms with Crippen molar-refractivity contribution in [3.8, 4) is 0 Å². The van der Waals surface area contributed by atoms with Crippen molar-refractivity contribution in [3.63, 3.8) is 0 Å². The van der Waals surface area contributed by atoms with Gasteiger partial charge in [-0.25, -0.2) is 0 Å². The quantitative estimate of drug-likeness (QED) is 0.629. The molecule has 0 spiro atoms. The number of ether oxygens (including phenoxy) is 1. The molecule has 2 aromatic rings. The summed E-state index contributed by atoms with van der Waals surface area (Å²) in [5.41, 5.74) is 2.44. The number of allylic oxidation sites excluding steroid dienone is 2. The summed E-state index contributed by atoms with van der Waals surface area (Å²) in [4.78, 5) is 0. The van der Waals surface area contributed by atoms with Gasteiger partial charge in [-0.05, 0) is 11.6 Å². The molecule has 0 unspecified atom stereocenters. The maximum Gasteiger partial charge on any atom is 0.128 e. The molecular formula is C18H17NO. The first-order valence-corrected chi connectivity index (χ1v) is 6.42. The third-order valence-corrected chi connectivity index (χ3v) is 2.82. The molecule has 2 nitrogen and oxygen atoms in total. The predicted octanol–water partition coefficient (Wildman–Crippen LogP) is 4.41. The van der Waals surface area contributed by atoms with Crippen molar-refractivity contribution < 1.29 is 4.74 Å². The highest BCUT2D eigenvalue weighted by Gasteiger charge is 2.00. The Morgan fingerprint density at radius 2 is 1.55 bits per heavy atom. The van der Waals surface area contributed by atoms with Gasteiger partial charge in [0, 0.05) is 11.6 Å². The standard InChI is InChI=1S/C18H17NO/c1-20-18(16-10-6-3-7-11-16)14-17(19)13-12-15-8-4-2-5-9-15/h2-14,19H,1H3. The normalized spacial score (nSPS) is 11.6. The summed E-state index contributed by atoms with van der Waals surface area (Å²) in [5, 5.41) is 7.98. The van der Waals surface area contributed by atoms with E-state index in [4.69, 9.17) is 10.1 Å². The lowest BCUT2D eigenvalue weighted by Crippen LogP contribution is -1.92. The Morgan fingerprint density at radius 3 is 2.15 bits per heavy atom. The average molecular weight is 263 g/mol. The van der Waals surface area contributed by atoms with Crippen molar-refractivity contribution in [2.75, 3.05) is 7.11 Å². The van der Waals surface area contributed by atoms with Crippen LogP contribution in [0, 0.1) is 5.41 Å². The smallest absolute Gasteiger partial charge is 0.128 e. The van der Waals surface area contributed by atoms with Crippen LogP contribution in [0.15, 0.2) is 72.8 Å². The number of hydrogen-bond acceptors (Lipinski definition) is 2. The minimum absolute atomic E-state index is 0.398. The van der Waals surface area contributed by atoms with Gasteiger partial charge in [0.1, 0.15) is 5.76 Å². The van der Waals surface area contributed by atoms with Crippen LogP contribution in [0.2, 0.25) is 0 Å². The summed E-state index contributed by atoms with van der Waals surface area (Å²) in [6, 6.07) is 19.7. The third-order valence-electron chi connectivity index (χ3n) is 2.82. The van der Waals surface area contributed by atoms with Crippen molar-refractivity contribution in [1.29, 1.82) is 5.41 Å². The van der Waals surface area contributed by atoms with E-state index in [0.29, 0.717) is 11.5 Å². The van der Waals surface area contributed by atoms with E-state index in [2.05, 4.69) is 0 Å². The molecule has 0 amide bonds. The van der Waals surface area contributed by atoms with E-state index in [1.54, 1.807) is 19.3 Å². The Bertz CT molecular complexity index is 612. The van der Waals surface area contributed by atoms with E-state index in [0.717, 1.165) is 11.1 Å². The summed E-state index contributed by atoms with van der Waals surface area (Å²) >= 11 is 0. The van der Waals surface area contributed by atoms with Gasteiger partial charge >= 0.3 is 0 Å². The molecule has 1 N–H and O–H groups in total. The fourth-order valence-corrected chi connectivity index (χ4v) is 1.80. The van der Waals surface area contributed by atoms with Gasteiger partial charge in [0.05, 0.1) is 12.8 Å². The van der Waals surface area contributed by atoms with Crippen LogP contribution in [-0.4, -0.2) is 12.8 Å². The van der Waals surface area contributed by atoms with Gasteiger partial charge in [0.15, 0.2) is 0 Å². The Labute approximate surface area is 119 Å². The van der Waals surface area contributed by atoms with Crippen LogP contribution in [0.4, 0.5) is 0 Å². The van der Waals surface area contributed by atoms with Gasteiger partial charge < -0.3 is 10.1 Å². The third kappa shape index (κ3) is 3.95. The second-order valence-electron chi connectivity index (χ2n) is 4.28. The molecule has 0 fully saturated rings. The zero-order valence-electron chi connectivity index (χ0n) is 11.4. The molecule has 2 rings (SSSR count). The highest BCUT2D eigenvalue weighted by molar-refractivity contribution is 6.07. The molecule has 0 bridgehead atoms. The second-order valence-corrected chi connectivity index (χ2v) is 4.28. The number of benzene rings is 2. The first-order chi connectivity index (χ1) is 9.79. The molecule has 20 heavy (non-hydrogen) atoms. The molecule has 0 saturated heterocycles. The molecular weight excluding hydrogens is 246 g/mol. The van der Waals surface area contributed by atoms with E-state index in [-0.39, 0.29) is 0 Å². The van der Waals surface area contributed by atoms with Gasteiger partial charge in [-0.1, -0.05) is 66.7 Å². The average Bonchev–Trinajstić information content (AvgIpc) is 2.52.